The Kier molecular flexibility index (Phi) is 7.89. The molecule has 2 aromatic carbocycles. The fourth-order valence-corrected chi connectivity index (χ4v) is 4.30. The Morgan fingerprint density at radius 1 is 1.00 bits per heavy atom. The fourth-order valence-electron chi connectivity index (χ4n) is 4.30. The van der Waals surface area contributed by atoms with Gasteiger partial charge in [0.25, 0.3) is 0 Å². The highest BCUT2D eigenvalue weighted by Crippen LogP contribution is 2.45. The molecule has 0 radical (unpaired) electrons. The molecule has 0 fully saturated rings. The van der Waals surface area contributed by atoms with E-state index in [1.165, 1.54) is 21.3 Å². The van der Waals surface area contributed by atoms with E-state index in [4.69, 9.17) is 14.2 Å². The van der Waals surface area contributed by atoms with Gasteiger partial charge in [0.2, 0.25) is 5.75 Å². The number of hydrogen-bond acceptors (Lipinski definition) is 4. The zero-order valence-electron chi connectivity index (χ0n) is 18.9. The van der Waals surface area contributed by atoms with Crippen LogP contribution in [0, 0.1) is 5.92 Å². The molecule has 0 heterocycles. The summed E-state index contributed by atoms with van der Waals surface area (Å²) in [7, 11) is 4.32. The largest absolute Gasteiger partial charge is 0.493 e. The van der Waals surface area contributed by atoms with E-state index in [0.29, 0.717) is 29.2 Å². The van der Waals surface area contributed by atoms with Crippen molar-refractivity contribution in [3.05, 3.63) is 59.7 Å². The lowest BCUT2D eigenvalue weighted by molar-refractivity contribution is -0.174. The van der Waals surface area contributed by atoms with Crippen molar-refractivity contribution in [1.82, 2.24) is 5.32 Å². The Balaban J connectivity index is 2.16. The highest BCUT2D eigenvalue weighted by atomic mass is 19.4. The van der Waals surface area contributed by atoms with Crippen LogP contribution in [-0.4, -0.2) is 33.4 Å². The number of rotatable bonds is 7. The molecule has 33 heavy (non-hydrogen) atoms. The Morgan fingerprint density at radius 3 is 2.18 bits per heavy atom. The summed E-state index contributed by atoms with van der Waals surface area (Å²) in [5.41, 5.74) is 2.27. The maximum Gasteiger partial charge on any atom is 0.471 e. The Bertz CT molecular complexity index is 964. The molecule has 0 saturated carbocycles. The maximum atomic E-state index is 13.3. The van der Waals surface area contributed by atoms with Crippen molar-refractivity contribution in [2.24, 2.45) is 5.92 Å². The van der Waals surface area contributed by atoms with Crippen molar-refractivity contribution in [3.63, 3.8) is 0 Å². The van der Waals surface area contributed by atoms with E-state index in [9.17, 15) is 18.0 Å². The van der Waals surface area contributed by atoms with Gasteiger partial charge in [0.05, 0.1) is 27.4 Å². The van der Waals surface area contributed by atoms with Crippen molar-refractivity contribution < 1.29 is 32.2 Å². The third-order valence-corrected chi connectivity index (χ3v) is 5.83. The summed E-state index contributed by atoms with van der Waals surface area (Å²) >= 11 is 0. The van der Waals surface area contributed by atoms with E-state index in [0.717, 1.165) is 30.4 Å². The minimum absolute atomic E-state index is 0.303. The molecule has 1 amide bonds. The van der Waals surface area contributed by atoms with Crippen molar-refractivity contribution >= 4 is 11.5 Å². The lowest BCUT2D eigenvalue weighted by Crippen LogP contribution is -2.42. The summed E-state index contributed by atoms with van der Waals surface area (Å²) in [4.78, 5) is 12.1. The van der Waals surface area contributed by atoms with Crippen molar-refractivity contribution in [2.75, 3.05) is 21.3 Å². The first-order valence-corrected chi connectivity index (χ1v) is 10.7. The van der Waals surface area contributed by atoms with Crippen LogP contribution in [0.5, 0.6) is 17.2 Å². The first-order valence-electron chi connectivity index (χ1n) is 10.7. The summed E-state index contributed by atoms with van der Waals surface area (Å²) in [6.45, 7) is 0. The van der Waals surface area contributed by atoms with Crippen LogP contribution in [-0.2, 0) is 4.79 Å². The average Bonchev–Trinajstić information content (AvgIpc) is 3.07. The summed E-state index contributed by atoms with van der Waals surface area (Å²) in [6, 6.07) is 11.8. The average molecular weight is 463 g/mol. The Morgan fingerprint density at radius 2 is 1.64 bits per heavy atom. The Labute approximate surface area is 191 Å². The molecule has 2 aromatic rings. The SMILES string of the molecule is COc1cc([C@@H](NC(=O)C(F)(F)F)C2CCCCC=C2c2ccccc2)cc(OC)c1OC. The second kappa shape index (κ2) is 10.6. The van der Waals surface area contributed by atoms with Gasteiger partial charge in [-0.2, -0.15) is 13.2 Å². The molecule has 0 bridgehead atoms. The minimum atomic E-state index is -5.01. The van der Waals surface area contributed by atoms with Crippen molar-refractivity contribution in [3.8, 4) is 17.2 Å². The molecule has 0 aliphatic heterocycles. The molecule has 0 aromatic heterocycles. The number of halogens is 3. The smallest absolute Gasteiger partial charge is 0.471 e. The molecule has 1 N–H and O–H groups in total. The number of methoxy groups -OCH3 is 3. The van der Waals surface area contributed by atoms with Gasteiger partial charge in [0.1, 0.15) is 0 Å². The number of carbonyl (C=O) groups is 1. The molecule has 1 aliphatic carbocycles. The predicted octanol–water partition coefficient (Wildman–Crippen LogP) is 5.71. The number of carbonyl (C=O) groups excluding carboxylic acids is 1. The molecule has 8 heteroatoms. The number of allylic oxidation sites excluding steroid dienone is 1. The van der Waals surface area contributed by atoms with Crippen LogP contribution in [0.25, 0.3) is 5.57 Å². The molecule has 1 unspecified atom stereocenters. The van der Waals surface area contributed by atoms with Gasteiger partial charge >= 0.3 is 12.1 Å². The molecule has 2 atom stereocenters. The zero-order valence-corrected chi connectivity index (χ0v) is 18.9. The molecular weight excluding hydrogens is 435 g/mol. The third-order valence-electron chi connectivity index (χ3n) is 5.83. The lowest BCUT2D eigenvalue weighted by atomic mass is 9.81. The predicted molar refractivity (Wildman–Crippen MR) is 119 cm³/mol. The van der Waals surface area contributed by atoms with Gasteiger partial charge in [-0.15, -0.1) is 0 Å². The molecule has 3 rings (SSSR count). The van der Waals surface area contributed by atoms with Crippen molar-refractivity contribution in [2.45, 2.75) is 37.9 Å². The van der Waals surface area contributed by atoms with Gasteiger partial charge in [-0.3, -0.25) is 4.79 Å². The molecule has 1 aliphatic rings. The van der Waals surface area contributed by atoms with E-state index >= 15 is 0 Å². The number of ether oxygens (including phenoxy) is 3. The number of amides is 1. The third kappa shape index (κ3) is 5.61. The van der Waals surface area contributed by atoms with Crippen molar-refractivity contribution in [1.29, 1.82) is 0 Å². The van der Waals surface area contributed by atoms with Crippen LogP contribution in [0.3, 0.4) is 0 Å². The van der Waals surface area contributed by atoms with Gasteiger partial charge in [0, 0.05) is 5.92 Å². The van der Waals surface area contributed by atoms with Gasteiger partial charge in [-0.05, 0) is 48.1 Å². The highest BCUT2D eigenvalue weighted by Gasteiger charge is 2.42. The van der Waals surface area contributed by atoms with Gasteiger partial charge in [0.15, 0.2) is 11.5 Å². The fraction of sp³-hybridized carbons (Fsp3) is 0.400. The topological polar surface area (TPSA) is 56.8 Å². The summed E-state index contributed by atoms with van der Waals surface area (Å²) < 4.78 is 56.1. The monoisotopic (exact) mass is 463 g/mol. The summed E-state index contributed by atoms with van der Waals surface area (Å²) in [5, 5.41) is 2.25. The van der Waals surface area contributed by atoms with Crippen LogP contribution >= 0.6 is 0 Å². The quantitative estimate of drug-likeness (QED) is 0.572. The highest BCUT2D eigenvalue weighted by molar-refractivity contribution is 5.83. The van der Waals surface area contributed by atoms with Gasteiger partial charge < -0.3 is 19.5 Å². The van der Waals surface area contributed by atoms with Gasteiger partial charge in [-0.1, -0.05) is 42.8 Å². The summed E-state index contributed by atoms with van der Waals surface area (Å²) in [5.74, 6) is -1.44. The minimum Gasteiger partial charge on any atom is -0.493 e. The number of alkyl halides is 3. The number of benzene rings is 2. The second-order valence-electron chi connectivity index (χ2n) is 7.82. The van der Waals surface area contributed by atoms with Crippen LogP contribution < -0.4 is 19.5 Å². The van der Waals surface area contributed by atoms with E-state index in [1.807, 2.05) is 30.3 Å². The zero-order chi connectivity index (χ0) is 24.0. The molecule has 0 saturated heterocycles. The van der Waals surface area contributed by atoms with E-state index in [-0.39, 0.29) is 5.92 Å². The van der Waals surface area contributed by atoms with Crippen LogP contribution in [0.4, 0.5) is 13.2 Å². The lowest BCUT2D eigenvalue weighted by Gasteiger charge is -2.31. The van der Waals surface area contributed by atoms with Crippen LogP contribution in [0.15, 0.2) is 48.5 Å². The maximum absolute atomic E-state index is 13.3. The van der Waals surface area contributed by atoms with Crippen LogP contribution in [0.1, 0.15) is 42.9 Å². The molecule has 178 valence electrons. The van der Waals surface area contributed by atoms with E-state index in [1.54, 1.807) is 12.1 Å². The molecule has 5 nitrogen and oxygen atoms in total. The number of nitrogens with one attached hydrogen (secondary N) is 1. The van der Waals surface area contributed by atoms with E-state index in [2.05, 4.69) is 11.4 Å². The first kappa shape index (κ1) is 24.5. The first-order chi connectivity index (χ1) is 15.8. The molecule has 0 spiro atoms. The van der Waals surface area contributed by atoms with Gasteiger partial charge in [-0.25, -0.2) is 0 Å². The number of hydrogen-bond donors (Lipinski definition) is 1. The summed E-state index contributed by atoms with van der Waals surface area (Å²) in [6.07, 6.45) is 0.219. The Hall–Kier alpha value is -3.16. The van der Waals surface area contributed by atoms with E-state index < -0.39 is 18.1 Å². The van der Waals surface area contributed by atoms with Crippen LogP contribution in [0.2, 0.25) is 0 Å². The second-order valence-corrected chi connectivity index (χ2v) is 7.82. The standard InChI is InChI=1S/C25H28F3NO4/c1-31-20-14-17(15-21(32-2)23(20)33-3)22(29-24(30)25(26,27)28)19-13-9-5-8-12-18(19)16-10-6-4-7-11-16/h4,6-7,10-12,14-15,19,22H,5,8-9,13H2,1-3H3,(H,29,30)/t19?,22-/m1/s1. The molecular formula is C25H28F3NO4. The normalized spacial score (nSPS) is 17.4.